The number of ether oxygens (including phenoxy) is 1. The summed E-state index contributed by atoms with van der Waals surface area (Å²) in [6, 6.07) is 7.40. The second kappa shape index (κ2) is 4.53. The molecule has 1 heterocycles. The van der Waals surface area contributed by atoms with Gasteiger partial charge in [0, 0.05) is 11.6 Å². The highest BCUT2D eigenvalue weighted by Gasteiger charge is 2.29. The number of benzene rings is 1. The molecular weight excluding hydrogens is 228 g/mol. The van der Waals surface area contributed by atoms with Gasteiger partial charge < -0.3 is 10.2 Å². The summed E-state index contributed by atoms with van der Waals surface area (Å²) in [4.78, 5) is 11.5. The lowest BCUT2D eigenvalue weighted by Crippen LogP contribution is -2.22. The third kappa shape index (κ3) is 2.02. The Balaban J connectivity index is 2.28. The lowest BCUT2D eigenvalue weighted by atomic mass is 9.95. The summed E-state index contributed by atoms with van der Waals surface area (Å²) in [7, 11) is 1.35. The number of methoxy groups -OCH3 is 1. The molecule has 0 bridgehead atoms. The molecular formula is C11H11ClN2O2. The lowest BCUT2D eigenvalue weighted by molar-refractivity contribution is -0.132. The van der Waals surface area contributed by atoms with E-state index in [4.69, 9.17) is 11.6 Å². The van der Waals surface area contributed by atoms with E-state index in [9.17, 15) is 4.79 Å². The van der Waals surface area contributed by atoms with Gasteiger partial charge in [-0.3, -0.25) is 0 Å². The molecule has 1 aliphatic heterocycles. The lowest BCUT2D eigenvalue weighted by Gasteiger charge is -2.10. The third-order valence-electron chi connectivity index (χ3n) is 2.47. The van der Waals surface area contributed by atoms with Gasteiger partial charge in [-0.05, 0) is 17.7 Å². The average Bonchev–Trinajstić information content (AvgIpc) is 2.77. The Morgan fingerprint density at radius 2 is 2.44 bits per heavy atom. The van der Waals surface area contributed by atoms with Gasteiger partial charge in [-0.25, -0.2) is 4.79 Å². The summed E-state index contributed by atoms with van der Waals surface area (Å²) in [6.45, 7) is 0.588. The molecule has 0 radical (unpaired) electrons. The van der Waals surface area contributed by atoms with Crippen LogP contribution in [-0.4, -0.2) is 25.3 Å². The first-order valence-electron chi connectivity index (χ1n) is 4.86. The molecule has 1 aromatic rings. The summed E-state index contributed by atoms with van der Waals surface area (Å²) in [6.07, 6.45) is 0. The van der Waals surface area contributed by atoms with E-state index in [0.29, 0.717) is 17.3 Å². The standard InChI is InChI=1S/C11H11ClN2O2/c1-16-11(15)10-9(6-13-14-10)7-3-2-4-8(12)5-7/h2-5,9,13H,6H2,1H3. The van der Waals surface area contributed by atoms with E-state index in [1.165, 1.54) is 7.11 Å². The van der Waals surface area contributed by atoms with Gasteiger partial charge in [-0.2, -0.15) is 5.10 Å². The van der Waals surface area contributed by atoms with Gasteiger partial charge in [-0.1, -0.05) is 23.7 Å². The molecule has 0 aromatic heterocycles. The number of hydrazone groups is 1. The van der Waals surface area contributed by atoms with Crippen molar-refractivity contribution in [1.29, 1.82) is 0 Å². The second-order valence-electron chi connectivity index (χ2n) is 3.46. The van der Waals surface area contributed by atoms with E-state index in [-0.39, 0.29) is 5.92 Å². The fourth-order valence-electron chi connectivity index (χ4n) is 1.69. The molecule has 1 N–H and O–H groups in total. The number of nitrogens with zero attached hydrogens (tertiary/aromatic N) is 1. The van der Waals surface area contributed by atoms with Crippen LogP contribution in [0.25, 0.3) is 0 Å². The summed E-state index contributed by atoms with van der Waals surface area (Å²) in [5.41, 5.74) is 4.15. The van der Waals surface area contributed by atoms with E-state index in [0.717, 1.165) is 5.56 Å². The van der Waals surface area contributed by atoms with Crippen molar-refractivity contribution in [2.75, 3.05) is 13.7 Å². The Morgan fingerprint density at radius 1 is 1.62 bits per heavy atom. The highest BCUT2D eigenvalue weighted by molar-refractivity contribution is 6.39. The van der Waals surface area contributed by atoms with Gasteiger partial charge in [0.2, 0.25) is 0 Å². The van der Waals surface area contributed by atoms with E-state index in [1.54, 1.807) is 6.07 Å². The van der Waals surface area contributed by atoms with Crippen LogP contribution in [0.1, 0.15) is 11.5 Å². The minimum absolute atomic E-state index is 0.0915. The van der Waals surface area contributed by atoms with Crippen LogP contribution in [-0.2, 0) is 9.53 Å². The SMILES string of the molecule is COC(=O)C1=NNCC1c1cccc(Cl)c1. The van der Waals surface area contributed by atoms with Crippen molar-refractivity contribution in [2.45, 2.75) is 5.92 Å². The Morgan fingerprint density at radius 3 is 3.12 bits per heavy atom. The number of carbonyl (C=O) groups is 1. The van der Waals surface area contributed by atoms with Gasteiger partial charge in [-0.15, -0.1) is 0 Å². The highest BCUT2D eigenvalue weighted by atomic mass is 35.5. The first-order chi connectivity index (χ1) is 7.72. The van der Waals surface area contributed by atoms with Crippen molar-refractivity contribution in [2.24, 2.45) is 5.10 Å². The van der Waals surface area contributed by atoms with E-state index < -0.39 is 5.97 Å². The maximum Gasteiger partial charge on any atom is 0.354 e. The van der Waals surface area contributed by atoms with Crippen LogP contribution < -0.4 is 5.43 Å². The Labute approximate surface area is 98.2 Å². The first-order valence-corrected chi connectivity index (χ1v) is 5.24. The van der Waals surface area contributed by atoms with Crippen molar-refractivity contribution in [3.8, 4) is 0 Å². The van der Waals surface area contributed by atoms with Crippen molar-refractivity contribution < 1.29 is 9.53 Å². The number of nitrogens with one attached hydrogen (secondary N) is 1. The predicted octanol–water partition coefficient (Wildman–Crippen LogP) is 1.56. The molecule has 1 aliphatic rings. The highest BCUT2D eigenvalue weighted by Crippen LogP contribution is 2.23. The fraction of sp³-hybridized carbons (Fsp3) is 0.273. The fourth-order valence-corrected chi connectivity index (χ4v) is 1.89. The molecule has 0 fully saturated rings. The minimum Gasteiger partial charge on any atom is -0.464 e. The smallest absolute Gasteiger partial charge is 0.354 e. The second-order valence-corrected chi connectivity index (χ2v) is 3.89. The van der Waals surface area contributed by atoms with Crippen LogP contribution >= 0.6 is 11.6 Å². The van der Waals surface area contributed by atoms with Gasteiger partial charge in [0.1, 0.15) is 0 Å². The molecule has 2 rings (SSSR count). The van der Waals surface area contributed by atoms with Crippen molar-refractivity contribution in [3.63, 3.8) is 0 Å². The number of halogens is 1. The molecule has 0 spiro atoms. The van der Waals surface area contributed by atoms with Gasteiger partial charge in [0.15, 0.2) is 5.71 Å². The van der Waals surface area contributed by atoms with Crippen LogP contribution in [0, 0.1) is 0 Å². The van der Waals surface area contributed by atoms with Crippen molar-refractivity contribution in [1.82, 2.24) is 5.43 Å². The quantitative estimate of drug-likeness (QED) is 0.796. The topological polar surface area (TPSA) is 50.7 Å². The molecule has 1 unspecified atom stereocenters. The van der Waals surface area contributed by atoms with Crippen molar-refractivity contribution >= 4 is 23.3 Å². The number of carbonyl (C=O) groups excluding carboxylic acids is 1. The molecule has 1 aromatic carbocycles. The maximum atomic E-state index is 11.5. The van der Waals surface area contributed by atoms with Gasteiger partial charge in [0.25, 0.3) is 0 Å². The largest absolute Gasteiger partial charge is 0.464 e. The number of hydrogen-bond donors (Lipinski definition) is 1. The molecule has 0 amide bonds. The average molecular weight is 239 g/mol. The zero-order valence-corrected chi connectivity index (χ0v) is 9.49. The summed E-state index contributed by atoms with van der Waals surface area (Å²) in [5, 5.41) is 4.59. The number of rotatable bonds is 2. The Hall–Kier alpha value is -1.55. The normalized spacial score (nSPS) is 18.9. The Kier molecular flexibility index (Phi) is 3.10. The number of esters is 1. The zero-order chi connectivity index (χ0) is 11.5. The van der Waals surface area contributed by atoms with Crippen LogP contribution in [0.3, 0.4) is 0 Å². The first kappa shape index (κ1) is 11.0. The van der Waals surface area contributed by atoms with Crippen LogP contribution in [0.4, 0.5) is 0 Å². The van der Waals surface area contributed by atoms with Crippen LogP contribution in [0.5, 0.6) is 0 Å². The summed E-state index contributed by atoms with van der Waals surface area (Å²) < 4.78 is 4.67. The molecule has 0 saturated heterocycles. The van der Waals surface area contributed by atoms with E-state index >= 15 is 0 Å². The molecule has 84 valence electrons. The van der Waals surface area contributed by atoms with E-state index in [1.807, 2.05) is 18.2 Å². The summed E-state index contributed by atoms with van der Waals surface area (Å²) >= 11 is 5.91. The monoisotopic (exact) mass is 238 g/mol. The predicted molar refractivity (Wildman–Crippen MR) is 61.6 cm³/mol. The van der Waals surface area contributed by atoms with Crippen molar-refractivity contribution in [3.05, 3.63) is 34.9 Å². The summed E-state index contributed by atoms with van der Waals surface area (Å²) in [5.74, 6) is -0.499. The molecule has 1 atom stereocenters. The van der Waals surface area contributed by atoms with E-state index in [2.05, 4.69) is 15.3 Å². The molecule has 16 heavy (non-hydrogen) atoms. The van der Waals surface area contributed by atoms with Crippen LogP contribution in [0.15, 0.2) is 29.4 Å². The Bertz CT molecular complexity index is 445. The molecule has 0 saturated carbocycles. The maximum absolute atomic E-state index is 11.5. The third-order valence-corrected chi connectivity index (χ3v) is 2.71. The number of hydrogen-bond acceptors (Lipinski definition) is 4. The molecule has 5 heteroatoms. The minimum atomic E-state index is -0.407. The van der Waals surface area contributed by atoms with Gasteiger partial charge in [0.05, 0.1) is 13.0 Å². The molecule has 0 aliphatic carbocycles. The van der Waals surface area contributed by atoms with Gasteiger partial charge >= 0.3 is 5.97 Å². The van der Waals surface area contributed by atoms with Crippen LogP contribution in [0.2, 0.25) is 5.02 Å². The zero-order valence-electron chi connectivity index (χ0n) is 8.74. The molecule has 4 nitrogen and oxygen atoms in total.